The molecule has 0 radical (unpaired) electrons. The standard InChI is InChI=1S/C12H25N3O2/c1-5-6-7-9(13)10(16)15-8-12(2,3)11(17)14-4/h9H,5-8,13H2,1-4H3,(H,14,17)(H,15,16). The Morgan fingerprint density at radius 3 is 2.41 bits per heavy atom. The van der Waals surface area contributed by atoms with Crippen LogP contribution in [0.1, 0.15) is 40.0 Å². The van der Waals surface area contributed by atoms with Crippen LogP contribution in [0.3, 0.4) is 0 Å². The minimum atomic E-state index is -0.616. The summed E-state index contributed by atoms with van der Waals surface area (Å²) in [6.07, 6.45) is 2.64. The number of nitrogens with one attached hydrogen (secondary N) is 2. The SMILES string of the molecule is CCCCC(N)C(=O)NCC(C)(C)C(=O)NC. The summed E-state index contributed by atoms with van der Waals surface area (Å²) in [5.41, 5.74) is 5.11. The first-order valence-corrected chi connectivity index (χ1v) is 6.10. The number of amides is 2. The summed E-state index contributed by atoms with van der Waals surface area (Å²) >= 11 is 0. The molecule has 0 aliphatic carbocycles. The number of carbonyl (C=O) groups is 2. The van der Waals surface area contributed by atoms with Gasteiger partial charge < -0.3 is 16.4 Å². The molecule has 1 atom stereocenters. The van der Waals surface area contributed by atoms with Gasteiger partial charge in [-0.3, -0.25) is 9.59 Å². The van der Waals surface area contributed by atoms with Crippen LogP contribution in [0.5, 0.6) is 0 Å². The first-order valence-electron chi connectivity index (χ1n) is 6.10. The van der Waals surface area contributed by atoms with Crippen LogP contribution in [0.4, 0.5) is 0 Å². The minimum Gasteiger partial charge on any atom is -0.359 e. The molecule has 0 fully saturated rings. The van der Waals surface area contributed by atoms with Crippen molar-refractivity contribution in [1.82, 2.24) is 10.6 Å². The highest BCUT2D eigenvalue weighted by Gasteiger charge is 2.27. The van der Waals surface area contributed by atoms with Crippen LogP contribution in [-0.2, 0) is 9.59 Å². The van der Waals surface area contributed by atoms with Crippen LogP contribution in [-0.4, -0.2) is 31.4 Å². The van der Waals surface area contributed by atoms with Crippen molar-refractivity contribution < 1.29 is 9.59 Å². The topological polar surface area (TPSA) is 84.2 Å². The molecular formula is C12H25N3O2. The lowest BCUT2D eigenvalue weighted by atomic mass is 9.92. The van der Waals surface area contributed by atoms with E-state index < -0.39 is 11.5 Å². The molecule has 0 saturated heterocycles. The Kier molecular flexibility index (Phi) is 6.80. The average Bonchev–Trinajstić information content (AvgIpc) is 2.31. The third-order valence-electron chi connectivity index (χ3n) is 2.75. The molecular weight excluding hydrogens is 218 g/mol. The molecule has 4 N–H and O–H groups in total. The quantitative estimate of drug-likeness (QED) is 0.605. The fourth-order valence-corrected chi connectivity index (χ4v) is 1.41. The molecule has 100 valence electrons. The third kappa shape index (κ3) is 5.68. The maximum Gasteiger partial charge on any atom is 0.236 e. The van der Waals surface area contributed by atoms with E-state index in [0.29, 0.717) is 13.0 Å². The van der Waals surface area contributed by atoms with Crippen LogP contribution in [0.2, 0.25) is 0 Å². The Morgan fingerprint density at radius 1 is 1.35 bits per heavy atom. The van der Waals surface area contributed by atoms with Crippen LogP contribution in [0.25, 0.3) is 0 Å². The first kappa shape index (κ1) is 15.9. The van der Waals surface area contributed by atoms with Crippen molar-refractivity contribution in [3.63, 3.8) is 0 Å². The predicted molar refractivity (Wildman–Crippen MR) is 68.4 cm³/mol. The number of carbonyl (C=O) groups excluding carboxylic acids is 2. The molecule has 5 heteroatoms. The van der Waals surface area contributed by atoms with Crippen LogP contribution in [0.15, 0.2) is 0 Å². The second-order valence-corrected chi connectivity index (χ2v) is 4.93. The Labute approximate surface area is 104 Å². The van der Waals surface area contributed by atoms with Gasteiger partial charge in [-0.05, 0) is 20.3 Å². The van der Waals surface area contributed by atoms with Gasteiger partial charge in [0, 0.05) is 13.6 Å². The molecule has 0 aliphatic rings. The molecule has 0 aromatic carbocycles. The largest absolute Gasteiger partial charge is 0.359 e. The summed E-state index contributed by atoms with van der Waals surface area (Å²) in [5, 5.41) is 5.29. The van der Waals surface area contributed by atoms with Crippen molar-refractivity contribution in [2.45, 2.75) is 46.1 Å². The molecule has 0 spiro atoms. The Balaban J connectivity index is 4.10. The maximum atomic E-state index is 11.6. The van der Waals surface area contributed by atoms with Gasteiger partial charge in [0.15, 0.2) is 0 Å². The van der Waals surface area contributed by atoms with Crippen molar-refractivity contribution in [3.05, 3.63) is 0 Å². The van der Waals surface area contributed by atoms with E-state index in [2.05, 4.69) is 17.6 Å². The summed E-state index contributed by atoms with van der Waals surface area (Å²) in [5.74, 6) is -0.282. The molecule has 0 heterocycles. The lowest BCUT2D eigenvalue weighted by Gasteiger charge is -2.23. The zero-order valence-corrected chi connectivity index (χ0v) is 11.3. The Bertz CT molecular complexity index is 264. The van der Waals surface area contributed by atoms with E-state index in [-0.39, 0.29) is 11.8 Å². The van der Waals surface area contributed by atoms with Crippen LogP contribution >= 0.6 is 0 Å². The van der Waals surface area contributed by atoms with Gasteiger partial charge in [-0.25, -0.2) is 0 Å². The van der Waals surface area contributed by atoms with Crippen molar-refractivity contribution in [2.24, 2.45) is 11.1 Å². The maximum absolute atomic E-state index is 11.6. The van der Waals surface area contributed by atoms with Gasteiger partial charge in [-0.15, -0.1) is 0 Å². The summed E-state index contributed by atoms with van der Waals surface area (Å²) in [6, 6.07) is -0.476. The molecule has 0 bridgehead atoms. The molecule has 0 aliphatic heterocycles. The van der Waals surface area contributed by atoms with Crippen molar-refractivity contribution in [2.75, 3.05) is 13.6 Å². The van der Waals surface area contributed by atoms with Crippen LogP contribution in [0, 0.1) is 5.41 Å². The second kappa shape index (κ2) is 7.27. The third-order valence-corrected chi connectivity index (χ3v) is 2.75. The van der Waals surface area contributed by atoms with E-state index in [4.69, 9.17) is 5.73 Å². The lowest BCUT2D eigenvalue weighted by Crippen LogP contribution is -2.48. The van der Waals surface area contributed by atoms with E-state index in [1.54, 1.807) is 20.9 Å². The lowest BCUT2D eigenvalue weighted by molar-refractivity contribution is -0.129. The summed E-state index contributed by atoms with van der Waals surface area (Å²) in [6.45, 7) is 5.91. The zero-order chi connectivity index (χ0) is 13.5. The number of unbranched alkanes of at least 4 members (excludes halogenated alkanes) is 1. The molecule has 1 unspecified atom stereocenters. The first-order chi connectivity index (χ1) is 7.85. The van der Waals surface area contributed by atoms with Crippen LogP contribution < -0.4 is 16.4 Å². The zero-order valence-electron chi connectivity index (χ0n) is 11.3. The molecule has 5 nitrogen and oxygen atoms in total. The highest BCUT2D eigenvalue weighted by molar-refractivity contribution is 5.84. The van der Waals surface area contributed by atoms with E-state index in [1.165, 1.54) is 0 Å². The Morgan fingerprint density at radius 2 is 1.94 bits per heavy atom. The van der Waals surface area contributed by atoms with Crippen molar-refractivity contribution >= 4 is 11.8 Å². The molecule has 0 aromatic heterocycles. The minimum absolute atomic E-state index is 0.0973. The average molecular weight is 243 g/mol. The van der Waals surface area contributed by atoms with Crippen molar-refractivity contribution in [1.29, 1.82) is 0 Å². The second-order valence-electron chi connectivity index (χ2n) is 4.93. The highest BCUT2D eigenvalue weighted by Crippen LogP contribution is 2.13. The smallest absolute Gasteiger partial charge is 0.236 e. The number of nitrogens with two attached hydrogens (primary N) is 1. The van der Waals surface area contributed by atoms with Gasteiger partial charge in [0.25, 0.3) is 0 Å². The Hall–Kier alpha value is -1.10. The fraction of sp³-hybridized carbons (Fsp3) is 0.833. The predicted octanol–water partition coefficient (Wildman–Crippen LogP) is 0.392. The van der Waals surface area contributed by atoms with E-state index in [0.717, 1.165) is 12.8 Å². The van der Waals surface area contributed by atoms with Gasteiger partial charge in [0.1, 0.15) is 0 Å². The van der Waals surface area contributed by atoms with E-state index >= 15 is 0 Å². The summed E-state index contributed by atoms with van der Waals surface area (Å²) < 4.78 is 0. The van der Waals surface area contributed by atoms with Crippen molar-refractivity contribution in [3.8, 4) is 0 Å². The highest BCUT2D eigenvalue weighted by atomic mass is 16.2. The van der Waals surface area contributed by atoms with Gasteiger partial charge in [0.05, 0.1) is 11.5 Å². The van der Waals surface area contributed by atoms with Gasteiger partial charge in [0.2, 0.25) is 11.8 Å². The monoisotopic (exact) mass is 243 g/mol. The number of hydrogen-bond donors (Lipinski definition) is 3. The normalized spacial score (nSPS) is 13.0. The molecule has 17 heavy (non-hydrogen) atoms. The number of rotatable bonds is 7. The summed E-state index contributed by atoms with van der Waals surface area (Å²) in [7, 11) is 1.58. The molecule has 0 rings (SSSR count). The van der Waals surface area contributed by atoms with Gasteiger partial charge in [-0.1, -0.05) is 19.8 Å². The van der Waals surface area contributed by atoms with Gasteiger partial charge >= 0.3 is 0 Å². The molecule has 2 amide bonds. The van der Waals surface area contributed by atoms with E-state index in [9.17, 15) is 9.59 Å². The molecule has 0 saturated carbocycles. The van der Waals surface area contributed by atoms with Gasteiger partial charge in [-0.2, -0.15) is 0 Å². The van der Waals surface area contributed by atoms with E-state index in [1.807, 2.05) is 0 Å². The fourth-order valence-electron chi connectivity index (χ4n) is 1.41. The summed E-state index contributed by atoms with van der Waals surface area (Å²) in [4.78, 5) is 23.1. The molecule has 0 aromatic rings. The number of hydrogen-bond acceptors (Lipinski definition) is 3.